The van der Waals surface area contributed by atoms with Gasteiger partial charge < -0.3 is 9.80 Å². The first-order valence-electron chi connectivity index (χ1n) is 9.91. The molecular formula is C24H31N2-. The van der Waals surface area contributed by atoms with Crippen molar-refractivity contribution in [3.63, 3.8) is 0 Å². The molecule has 4 rings (SSSR count). The predicted octanol–water partition coefficient (Wildman–Crippen LogP) is 5.34. The molecule has 0 N–H and O–H groups in total. The van der Waals surface area contributed by atoms with Crippen LogP contribution < -0.4 is 4.90 Å². The van der Waals surface area contributed by atoms with Crippen LogP contribution in [0.5, 0.6) is 0 Å². The van der Waals surface area contributed by atoms with Crippen LogP contribution in [-0.4, -0.2) is 24.5 Å². The monoisotopic (exact) mass is 347 g/mol. The van der Waals surface area contributed by atoms with Crippen LogP contribution in [-0.2, 0) is 0 Å². The van der Waals surface area contributed by atoms with Gasteiger partial charge in [0.2, 0.25) is 0 Å². The van der Waals surface area contributed by atoms with Crippen molar-refractivity contribution in [3.05, 3.63) is 69.4 Å². The maximum atomic E-state index is 2.63. The third-order valence-corrected chi connectivity index (χ3v) is 6.19. The smallest absolute Gasteiger partial charge is 0.0144 e. The number of fused-ring (bicyclic) bond motifs is 1. The minimum atomic E-state index is 0.526. The summed E-state index contributed by atoms with van der Waals surface area (Å²) in [7, 11) is 0. The largest absolute Gasteiger partial charge is 0.504 e. The van der Waals surface area contributed by atoms with E-state index in [1.54, 1.807) is 5.56 Å². The Morgan fingerprint density at radius 3 is 1.85 bits per heavy atom. The molecule has 0 amide bonds. The third kappa shape index (κ3) is 2.75. The molecule has 0 spiro atoms. The first kappa shape index (κ1) is 17.6. The number of aryl methyl sites for hydroxylation is 6. The second-order valence-electron chi connectivity index (χ2n) is 8.40. The maximum Gasteiger partial charge on any atom is 0.0144 e. The molecule has 0 bridgehead atoms. The van der Waals surface area contributed by atoms with Crippen LogP contribution in [0.15, 0.2) is 24.3 Å². The van der Waals surface area contributed by atoms with E-state index in [0.717, 1.165) is 13.1 Å². The lowest BCUT2D eigenvalue weighted by Crippen LogP contribution is -2.31. The summed E-state index contributed by atoms with van der Waals surface area (Å²) in [4.78, 5) is 5.25. The lowest BCUT2D eigenvalue weighted by Gasteiger charge is -2.47. The molecule has 2 aliphatic rings. The molecule has 2 heteroatoms. The van der Waals surface area contributed by atoms with Crippen molar-refractivity contribution in [3.8, 4) is 0 Å². The highest BCUT2D eigenvalue weighted by atomic mass is 15.4. The van der Waals surface area contributed by atoms with E-state index in [4.69, 9.17) is 0 Å². The summed E-state index contributed by atoms with van der Waals surface area (Å²) >= 11 is 0. The summed E-state index contributed by atoms with van der Waals surface area (Å²) in [6, 6.07) is 9.37. The van der Waals surface area contributed by atoms with Crippen LogP contribution in [0.4, 0.5) is 5.69 Å². The second-order valence-corrected chi connectivity index (χ2v) is 8.40. The van der Waals surface area contributed by atoms with Gasteiger partial charge in [-0.05, 0) is 76.9 Å². The Morgan fingerprint density at radius 2 is 1.27 bits per heavy atom. The molecule has 2 heterocycles. The van der Waals surface area contributed by atoms with Gasteiger partial charge in [-0.2, -0.15) is 6.17 Å². The van der Waals surface area contributed by atoms with Gasteiger partial charge in [-0.25, -0.2) is 0 Å². The van der Waals surface area contributed by atoms with Gasteiger partial charge in [0.25, 0.3) is 0 Å². The van der Waals surface area contributed by atoms with E-state index in [0.29, 0.717) is 5.92 Å². The zero-order valence-electron chi connectivity index (χ0n) is 17.1. The van der Waals surface area contributed by atoms with Crippen LogP contribution in [0, 0.1) is 47.7 Å². The highest BCUT2D eigenvalue weighted by molar-refractivity contribution is 5.65. The zero-order chi connectivity index (χ0) is 18.6. The Bertz CT molecular complexity index is 736. The van der Waals surface area contributed by atoms with E-state index in [-0.39, 0.29) is 0 Å². The fourth-order valence-electron chi connectivity index (χ4n) is 5.51. The molecule has 2 fully saturated rings. The van der Waals surface area contributed by atoms with Crippen molar-refractivity contribution in [2.24, 2.45) is 0 Å². The van der Waals surface area contributed by atoms with Crippen LogP contribution in [0.2, 0.25) is 0 Å². The average Bonchev–Trinajstić information content (AvgIpc) is 3.09. The Labute approximate surface area is 158 Å². The van der Waals surface area contributed by atoms with Crippen LogP contribution in [0.25, 0.3) is 0 Å². The van der Waals surface area contributed by atoms with Crippen molar-refractivity contribution in [2.45, 2.75) is 53.9 Å². The van der Waals surface area contributed by atoms with Gasteiger partial charge in [0.15, 0.2) is 0 Å². The summed E-state index contributed by atoms with van der Waals surface area (Å²) in [5, 5.41) is 0. The number of nitrogens with zero attached hydrogens (tertiary/aromatic N) is 2. The van der Waals surface area contributed by atoms with Crippen molar-refractivity contribution >= 4 is 5.69 Å². The topological polar surface area (TPSA) is 6.48 Å². The maximum absolute atomic E-state index is 2.63. The minimum absolute atomic E-state index is 0.526. The van der Waals surface area contributed by atoms with Crippen molar-refractivity contribution in [1.82, 2.24) is 4.90 Å². The molecule has 2 aliphatic heterocycles. The quantitative estimate of drug-likeness (QED) is 0.677. The number of hydrogen-bond acceptors (Lipinski definition) is 2. The zero-order valence-corrected chi connectivity index (χ0v) is 17.1. The van der Waals surface area contributed by atoms with Gasteiger partial charge in [0.05, 0.1) is 0 Å². The number of benzene rings is 2. The molecule has 1 atom stereocenters. The first-order valence-corrected chi connectivity index (χ1v) is 9.91. The third-order valence-electron chi connectivity index (χ3n) is 6.19. The Balaban J connectivity index is 1.78. The van der Waals surface area contributed by atoms with Gasteiger partial charge in [-0.15, -0.1) is 5.92 Å². The molecule has 0 aliphatic carbocycles. The van der Waals surface area contributed by atoms with Gasteiger partial charge in [-0.1, -0.05) is 47.4 Å². The van der Waals surface area contributed by atoms with E-state index in [9.17, 15) is 0 Å². The molecule has 0 saturated carbocycles. The minimum Gasteiger partial charge on any atom is -0.504 e. The lowest BCUT2D eigenvalue weighted by atomic mass is 9.86. The van der Waals surface area contributed by atoms with E-state index < -0.39 is 0 Å². The van der Waals surface area contributed by atoms with E-state index in [2.05, 4.69) is 75.6 Å². The van der Waals surface area contributed by atoms with Gasteiger partial charge in [0, 0.05) is 12.2 Å². The van der Waals surface area contributed by atoms with Crippen LogP contribution >= 0.6 is 0 Å². The average molecular weight is 348 g/mol. The fourth-order valence-corrected chi connectivity index (χ4v) is 5.51. The molecule has 2 aromatic rings. The Hall–Kier alpha value is -1.80. The van der Waals surface area contributed by atoms with Crippen molar-refractivity contribution in [2.75, 3.05) is 24.5 Å². The second kappa shape index (κ2) is 6.42. The summed E-state index contributed by atoms with van der Waals surface area (Å²) in [5.74, 6) is 0.526. The molecule has 0 aromatic heterocycles. The molecular weight excluding hydrogens is 316 g/mol. The van der Waals surface area contributed by atoms with Crippen LogP contribution in [0.3, 0.4) is 0 Å². The van der Waals surface area contributed by atoms with E-state index >= 15 is 0 Å². The SMILES string of the molecule is Cc1cc(C)c(C2CCN3CCN(c4c(C)cc(C)cc4C)[C-]23)c(C)c1. The lowest BCUT2D eigenvalue weighted by molar-refractivity contribution is 0.399. The standard InChI is InChI=1S/C24H31N2/c1-15-11-17(3)22(18(4)12-15)21-7-8-25-9-10-26(24(21)25)23-19(5)13-16(2)14-20(23)6/h11-14,21H,7-10H2,1-6H3/q-1. The summed E-state index contributed by atoms with van der Waals surface area (Å²) in [6.07, 6.45) is 2.77. The first-order chi connectivity index (χ1) is 12.4. The fraction of sp³-hybridized carbons (Fsp3) is 0.458. The van der Waals surface area contributed by atoms with Gasteiger partial charge in [-0.3, -0.25) is 0 Å². The summed E-state index contributed by atoms with van der Waals surface area (Å²) in [5.41, 5.74) is 11.4. The number of hydrogen-bond donors (Lipinski definition) is 0. The molecule has 2 saturated heterocycles. The van der Waals surface area contributed by atoms with E-state index in [1.807, 2.05) is 0 Å². The highest BCUT2D eigenvalue weighted by Crippen LogP contribution is 2.48. The molecule has 2 nitrogen and oxygen atoms in total. The van der Waals surface area contributed by atoms with Crippen molar-refractivity contribution in [1.29, 1.82) is 0 Å². The summed E-state index contributed by atoms with van der Waals surface area (Å²) in [6.45, 7) is 17.0. The molecule has 2 aromatic carbocycles. The predicted molar refractivity (Wildman–Crippen MR) is 111 cm³/mol. The number of rotatable bonds is 2. The summed E-state index contributed by atoms with van der Waals surface area (Å²) < 4.78 is 0. The highest BCUT2D eigenvalue weighted by Gasteiger charge is 2.33. The molecule has 138 valence electrons. The Morgan fingerprint density at radius 1 is 0.731 bits per heavy atom. The van der Waals surface area contributed by atoms with E-state index in [1.165, 1.54) is 58.2 Å². The van der Waals surface area contributed by atoms with Crippen LogP contribution in [0.1, 0.15) is 51.3 Å². The van der Waals surface area contributed by atoms with Gasteiger partial charge in [0.1, 0.15) is 0 Å². The normalized spacial score (nSPS) is 20.8. The molecule has 26 heavy (non-hydrogen) atoms. The van der Waals surface area contributed by atoms with Gasteiger partial charge >= 0.3 is 0 Å². The Kier molecular flexibility index (Phi) is 4.35. The molecule has 1 unspecified atom stereocenters. The molecule has 0 radical (unpaired) electrons. The number of anilines is 1. The van der Waals surface area contributed by atoms with Crippen molar-refractivity contribution < 1.29 is 0 Å².